The molecule has 0 spiro atoms. The molecule has 1 rings (SSSR count). The predicted molar refractivity (Wildman–Crippen MR) is 47.6 cm³/mol. The topological polar surface area (TPSA) is 38.4 Å². The van der Waals surface area contributed by atoms with Gasteiger partial charge >= 0.3 is 0 Å². The van der Waals surface area contributed by atoms with Crippen LogP contribution >= 0.6 is 0 Å². The Morgan fingerprint density at radius 3 is 2.69 bits per heavy atom. The second kappa shape index (κ2) is 3.98. The molecule has 0 aliphatic heterocycles. The van der Waals surface area contributed by atoms with Gasteiger partial charge in [-0.2, -0.15) is 0 Å². The van der Waals surface area contributed by atoms with Crippen LogP contribution < -0.4 is 5.73 Å². The third-order valence-electron chi connectivity index (χ3n) is 1.67. The first kappa shape index (κ1) is 9.64. The van der Waals surface area contributed by atoms with Gasteiger partial charge in [0.05, 0.1) is 5.84 Å². The van der Waals surface area contributed by atoms with Gasteiger partial charge in [-0.15, -0.1) is 0 Å². The quantitative estimate of drug-likeness (QED) is 0.549. The standard InChI is InChI=1S/C9H10F2N2/c1-13-9(12)4-6-2-3-7(10)5-8(6)11/h2-3,5H,4H2,1H3,(H2,12,13). The van der Waals surface area contributed by atoms with E-state index < -0.39 is 11.6 Å². The van der Waals surface area contributed by atoms with Crippen molar-refractivity contribution in [2.24, 2.45) is 10.7 Å². The summed E-state index contributed by atoms with van der Waals surface area (Å²) in [5.41, 5.74) is 5.75. The number of aliphatic imine (C=N–C) groups is 1. The van der Waals surface area contributed by atoms with Crippen LogP contribution in [0.2, 0.25) is 0 Å². The highest BCUT2D eigenvalue weighted by atomic mass is 19.1. The molecule has 0 radical (unpaired) electrons. The molecule has 13 heavy (non-hydrogen) atoms. The third kappa shape index (κ3) is 2.50. The van der Waals surface area contributed by atoms with Crippen LogP contribution in [-0.4, -0.2) is 12.9 Å². The molecule has 0 aliphatic rings. The minimum Gasteiger partial charge on any atom is -0.387 e. The molecule has 70 valence electrons. The number of halogens is 2. The zero-order chi connectivity index (χ0) is 9.84. The highest BCUT2D eigenvalue weighted by Gasteiger charge is 2.04. The summed E-state index contributed by atoms with van der Waals surface area (Å²) in [5, 5.41) is 0. The van der Waals surface area contributed by atoms with Crippen LogP contribution in [0.3, 0.4) is 0 Å². The van der Waals surface area contributed by atoms with Gasteiger partial charge in [0.15, 0.2) is 0 Å². The molecule has 2 N–H and O–H groups in total. The molecule has 0 saturated heterocycles. The number of nitrogens with zero attached hydrogens (tertiary/aromatic N) is 1. The molecule has 0 amide bonds. The number of hydrogen-bond acceptors (Lipinski definition) is 1. The molecule has 1 aromatic rings. The van der Waals surface area contributed by atoms with Crippen LogP contribution in [0.5, 0.6) is 0 Å². The molecule has 0 bridgehead atoms. The van der Waals surface area contributed by atoms with Gasteiger partial charge in [0.1, 0.15) is 11.6 Å². The highest BCUT2D eigenvalue weighted by Crippen LogP contribution is 2.09. The smallest absolute Gasteiger partial charge is 0.129 e. The number of rotatable bonds is 2. The molecule has 0 fully saturated rings. The summed E-state index contributed by atoms with van der Waals surface area (Å²) < 4.78 is 25.5. The van der Waals surface area contributed by atoms with Crippen molar-refractivity contribution in [1.82, 2.24) is 0 Å². The Balaban J connectivity index is 2.90. The average Bonchev–Trinajstić information content (AvgIpc) is 2.09. The summed E-state index contributed by atoms with van der Waals surface area (Å²) in [6, 6.07) is 3.39. The fourth-order valence-electron chi connectivity index (χ4n) is 0.939. The van der Waals surface area contributed by atoms with Crippen LogP contribution in [0.1, 0.15) is 5.56 Å². The van der Waals surface area contributed by atoms with Gasteiger partial charge in [-0.05, 0) is 11.6 Å². The Hall–Kier alpha value is -1.45. The van der Waals surface area contributed by atoms with E-state index >= 15 is 0 Å². The summed E-state index contributed by atoms with van der Waals surface area (Å²) in [6.45, 7) is 0. The number of nitrogens with two attached hydrogens (primary N) is 1. The fraction of sp³-hybridized carbons (Fsp3) is 0.222. The van der Waals surface area contributed by atoms with E-state index in [-0.39, 0.29) is 6.42 Å². The zero-order valence-corrected chi connectivity index (χ0v) is 7.22. The molecule has 0 heterocycles. The van der Waals surface area contributed by atoms with Gasteiger partial charge in [0.2, 0.25) is 0 Å². The largest absolute Gasteiger partial charge is 0.387 e. The lowest BCUT2D eigenvalue weighted by Crippen LogP contribution is -2.15. The van der Waals surface area contributed by atoms with Crippen molar-refractivity contribution in [1.29, 1.82) is 0 Å². The average molecular weight is 184 g/mol. The molecule has 2 nitrogen and oxygen atoms in total. The number of benzene rings is 1. The van der Waals surface area contributed by atoms with E-state index in [9.17, 15) is 8.78 Å². The van der Waals surface area contributed by atoms with Crippen molar-refractivity contribution < 1.29 is 8.78 Å². The van der Waals surface area contributed by atoms with Gasteiger partial charge in [-0.3, -0.25) is 4.99 Å². The van der Waals surface area contributed by atoms with Crippen molar-refractivity contribution >= 4 is 5.84 Å². The summed E-state index contributed by atoms with van der Waals surface area (Å²) in [4.78, 5) is 3.68. The maximum atomic E-state index is 13.0. The third-order valence-corrected chi connectivity index (χ3v) is 1.67. The van der Waals surface area contributed by atoms with E-state index in [0.717, 1.165) is 6.07 Å². The summed E-state index contributed by atoms with van der Waals surface area (Å²) in [7, 11) is 1.52. The van der Waals surface area contributed by atoms with E-state index in [1.165, 1.54) is 19.2 Å². The molecular formula is C9H10F2N2. The minimum atomic E-state index is -0.591. The zero-order valence-electron chi connectivity index (χ0n) is 7.22. The van der Waals surface area contributed by atoms with Gasteiger partial charge < -0.3 is 5.73 Å². The second-order valence-corrected chi connectivity index (χ2v) is 2.63. The van der Waals surface area contributed by atoms with E-state index in [4.69, 9.17) is 5.73 Å². The molecule has 4 heteroatoms. The van der Waals surface area contributed by atoms with Crippen molar-refractivity contribution in [3.63, 3.8) is 0 Å². The lowest BCUT2D eigenvalue weighted by molar-refractivity contribution is 0.576. The van der Waals surface area contributed by atoms with E-state index in [0.29, 0.717) is 11.4 Å². The number of amidine groups is 1. The fourth-order valence-corrected chi connectivity index (χ4v) is 0.939. The van der Waals surface area contributed by atoms with Crippen LogP contribution in [0.15, 0.2) is 23.2 Å². The van der Waals surface area contributed by atoms with Crippen molar-refractivity contribution in [3.05, 3.63) is 35.4 Å². The van der Waals surface area contributed by atoms with Gasteiger partial charge in [-0.1, -0.05) is 6.07 Å². The summed E-state index contributed by atoms with van der Waals surface area (Å²) in [6.07, 6.45) is 0.211. The van der Waals surface area contributed by atoms with Crippen LogP contribution in [0, 0.1) is 11.6 Å². The monoisotopic (exact) mass is 184 g/mol. The molecule has 1 aromatic carbocycles. The summed E-state index contributed by atoms with van der Waals surface area (Å²) in [5.74, 6) is -0.856. The Bertz CT molecular complexity index is 334. The molecule has 0 aliphatic carbocycles. The van der Waals surface area contributed by atoms with Crippen molar-refractivity contribution in [2.45, 2.75) is 6.42 Å². The lowest BCUT2D eigenvalue weighted by Gasteiger charge is -2.01. The number of hydrogen-bond donors (Lipinski definition) is 1. The van der Waals surface area contributed by atoms with E-state index in [2.05, 4.69) is 4.99 Å². The maximum Gasteiger partial charge on any atom is 0.129 e. The minimum absolute atomic E-state index is 0.211. The molecule has 0 atom stereocenters. The summed E-state index contributed by atoms with van der Waals surface area (Å²) >= 11 is 0. The Labute approximate surface area is 75.1 Å². The predicted octanol–water partition coefficient (Wildman–Crippen LogP) is 1.49. The molecular weight excluding hydrogens is 174 g/mol. The van der Waals surface area contributed by atoms with Gasteiger partial charge in [0, 0.05) is 19.5 Å². The SMILES string of the molecule is CN=C(N)Cc1ccc(F)cc1F. The van der Waals surface area contributed by atoms with Gasteiger partial charge in [0.25, 0.3) is 0 Å². The first-order valence-corrected chi connectivity index (χ1v) is 3.78. The van der Waals surface area contributed by atoms with E-state index in [1.807, 2.05) is 0 Å². The molecule has 0 saturated carbocycles. The molecule has 0 unspecified atom stereocenters. The van der Waals surface area contributed by atoms with Crippen LogP contribution in [0.25, 0.3) is 0 Å². The van der Waals surface area contributed by atoms with Crippen molar-refractivity contribution in [2.75, 3.05) is 7.05 Å². The second-order valence-electron chi connectivity index (χ2n) is 2.63. The first-order chi connectivity index (χ1) is 6.13. The maximum absolute atomic E-state index is 13.0. The normalized spacial score (nSPS) is 11.8. The highest BCUT2D eigenvalue weighted by molar-refractivity contribution is 5.82. The van der Waals surface area contributed by atoms with Gasteiger partial charge in [-0.25, -0.2) is 8.78 Å². The molecule has 0 aromatic heterocycles. The lowest BCUT2D eigenvalue weighted by atomic mass is 10.1. The Morgan fingerprint density at radius 1 is 1.46 bits per heavy atom. The van der Waals surface area contributed by atoms with Crippen molar-refractivity contribution in [3.8, 4) is 0 Å². The van der Waals surface area contributed by atoms with Crippen LogP contribution in [0.4, 0.5) is 8.78 Å². The Kier molecular flexibility index (Phi) is 2.95. The first-order valence-electron chi connectivity index (χ1n) is 3.78. The van der Waals surface area contributed by atoms with Crippen LogP contribution in [-0.2, 0) is 6.42 Å². The van der Waals surface area contributed by atoms with E-state index in [1.54, 1.807) is 0 Å². The Morgan fingerprint density at radius 2 is 2.15 bits per heavy atom.